The van der Waals surface area contributed by atoms with Gasteiger partial charge in [0, 0.05) is 0 Å². The van der Waals surface area contributed by atoms with Crippen molar-refractivity contribution in [3.05, 3.63) is 29.8 Å². The van der Waals surface area contributed by atoms with Crippen molar-refractivity contribution in [2.24, 2.45) is 0 Å². The Balaban J connectivity index is 3.11. The molecule has 1 rings (SSSR count). The zero-order valence-electron chi connectivity index (χ0n) is 6.89. The number of nitriles is 1. The second-order valence-corrected chi connectivity index (χ2v) is 5.99. The number of nitrogens with zero attached hydrogens (tertiary/aromatic N) is 1. The smallest absolute Gasteiger partial charge is 0.211 e. The Labute approximate surface area is 80.7 Å². The molecule has 68 valence electrons. The molecule has 0 saturated carbocycles. The van der Waals surface area contributed by atoms with Gasteiger partial charge >= 0.3 is 0 Å². The third-order valence-corrected chi connectivity index (χ3v) is 4.06. The van der Waals surface area contributed by atoms with Crippen LogP contribution in [0.2, 0.25) is 0 Å². The van der Waals surface area contributed by atoms with Gasteiger partial charge in [-0.3, -0.25) is 0 Å². The van der Waals surface area contributed by atoms with Crippen LogP contribution in [0.15, 0.2) is 29.2 Å². The van der Waals surface area contributed by atoms with E-state index in [0.717, 1.165) is 5.56 Å². The lowest BCUT2D eigenvalue weighted by molar-refractivity contribution is 0.610. The second-order valence-electron chi connectivity index (χ2n) is 2.44. The largest absolute Gasteiger partial charge is 0.243 e. The quantitative estimate of drug-likeness (QED) is 0.556. The Kier molecular flexibility index (Phi) is 2.96. The highest BCUT2D eigenvalue weighted by Crippen LogP contribution is 2.21. The average molecular weight is 213 g/mol. The van der Waals surface area contributed by atoms with Gasteiger partial charge in [0.05, 0.1) is 15.7 Å². The standard InChI is InChI=1S/C8H7NO2S2/c1-7-2-4-8(5-3-7)13(10,11)12-6-9/h2-5H,1H3. The lowest BCUT2D eigenvalue weighted by Crippen LogP contribution is -1.93. The second kappa shape index (κ2) is 3.81. The van der Waals surface area contributed by atoms with Crippen molar-refractivity contribution < 1.29 is 8.42 Å². The van der Waals surface area contributed by atoms with E-state index in [1.807, 2.05) is 6.92 Å². The van der Waals surface area contributed by atoms with Crippen LogP contribution < -0.4 is 0 Å². The molecule has 0 fully saturated rings. The number of hydrogen-bond acceptors (Lipinski definition) is 4. The highest BCUT2D eigenvalue weighted by Gasteiger charge is 2.13. The molecule has 0 aliphatic rings. The van der Waals surface area contributed by atoms with Crippen LogP contribution in [-0.4, -0.2) is 8.42 Å². The summed E-state index contributed by atoms with van der Waals surface area (Å²) in [6, 6.07) is 6.39. The molecule has 0 atom stereocenters. The zero-order chi connectivity index (χ0) is 9.90. The summed E-state index contributed by atoms with van der Waals surface area (Å²) in [7, 11) is -3.20. The molecule has 1 aromatic rings. The molecular formula is C8H7NO2S2. The van der Waals surface area contributed by atoms with Crippen molar-refractivity contribution in [3.63, 3.8) is 0 Å². The first-order valence-corrected chi connectivity index (χ1v) is 6.27. The summed E-state index contributed by atoms with van der Waals surface area (Å²) in [5, 5.41) is 9.80. The summed E-state index contributed by atoms with van der Waals surface area (Å²) in [6.45, 7) is 1.87. The normalized spacial score (nSPS) is 10.8. The molecule has 0 unspecified atom stereocenters. The summed E-state index contributed by atoms with van der Waals surface area (Å²) in [5.41, 5.74) is 0.987. The first-order valence-electron chi connectivity index (χ1n) is 3.45. The molecule has 0 aliphatic carbocycles. The fourth-order valence-corrected chi connectivity index (χ4v) is 2.38. The van der Waals surface area contributed by atoms with Crippen molar-refractivity contribution in [2.45, 2.75) is 11.8 Å². The summed E-state index contributed by atoms with van der Waals surface area (Å²) in [4.78, 5) is 0.171. The van der Waals surface area contributed by atoms with Crippen LogP contribution in [0.4, 0.5) is 0 Å². The van der Waals surface area contributed by atoms with Crippen molar-refractivity contribution in [1.82, 2.24) is 0 Å². The summed E-state index contributed by atoms with van der Waals surface area (Å²) in [5.74, 6) is 0. The average Bonchev–Trinajstić information content (AvgIpc) is 2.05. The Morgan fingerprint density at radius 3 is 2.31 bits per heavy atom. The Morgan fingerprint density at radius 2 is 1.85 bits per heavy atom. The third-order valence-electron chi connectivity index (χ3n) is 1.46. The Morgan fingerprint density at radius 1 is 1.31 bits per heavy atom. The van der Waals surface area contributed by atoms with E-state index in [9.17, 15) is 8.42 Å². The van der Waals surface area contributed by atoms with E-state index in [2.05, 4.69) is 0 Å². The molecule has 13 heavy (non-hydrogen) atoms. The molecule has 0 N–H and O–H groups in total. The predicted octanol–water partition coefficient (Wildman–Crippen LogP) is 1.90. The molecule has 3 nitrogen and oxygen atoms in total. The fourth-order valence-electron chi connectivity index (χ4n) is 0.802. The summed E-state index contributed by atoms with van der Waals surface area (Å²) in [6.07, 6.45) is 0. The highest BCUT2D eigenvalue weighted by atomic mass is 33.1. The topological polar surface area (TPSA) is 57.9 Å². The van der Waals surface area contributed by atoms with Gasteiger partial charge in [-0.15, -0.1) is 0 Å². The number of hydrogen-bond donors (Lipinski definition) is 0. The molecule has 5 heteroatoms. The van der Waals surface area contributed by atoms with Crippen molar-refractivity contribution in [2.75, 3.05) is 0 Å². The minimum absolute atomic E-state index is 0.171. The van der Waals surface area contributed by atoms with Crippen molar-refractivity contribution in [3.8, 4) is 5.40 Å². The van der Waals surface area contributed by atoms with Gasteiger partial charge in [-0.2, -0.15) is 5.26 Å². The maximum Gasteiger partial charge on any atom is 0.243 e. The minimum Gasteiger partial charge on any atom is -0.211 e. The van der Waals surface area contributed by atoms with Gasteiger partial charge in [-0.05, 0) is 19.1 Å². The van der Waals surface area contributed by atoms with Gasteiger partial charge in [0.25, 0.3) is 0 Å². The van der Waals surface area contributed by atoms with Gasteiger partial charge in [0.15, 0.2) is 0 Å². The van der Waals surface area contributed by atoms with E-state index in [1.54, 1.807) is 17.5 Å². The van der Waals surface area contributed by atoms with E-state index < -0.39 is 8.87 Å². The van der Waals surface area contributed by atoms with E-state index in [1.165, 1.54) is 12.1 Å². The number of thiocyanates is 1. The molecule has 0 amide bonds. The first-order chi connectivity index (χ1) is 6.06. The van der Waals surface area contributed by atoms with Gasteiger partial charge in [-0.1, -0.05) is 17.7 Å². The number of aryl methyl sites for hydroxylation is 1. The first kappa shape index (κ1) is 10.1. The SMILES string of the molecule is Cc1ccc(S(=O)(=O)SC#N)cc1. The molecule has 0 saturated heterocycles. The van der Waals surface area contributed by atoms with E-state index in [0.29, 0.717) is 0 Å². The van der Waals surface area contributed by atoms with E-state index >= 15 is 0 Å². The maximum absolute atomic E-state index is 11.3. The maximum atomic E-state index is 11.3. The molecular weight excluding hydrogens is 206 g/mol. The Hall–Kier alpha value is -0.990. The predicted molar refractivity (Wildman–Crippen MR) is 51.6 cm³/mol. The highest BCUT2D eigenvalue weighted by molar-refractivity contribution is 8.73. The van der Waals surface area contributed by atoms with E-state index in [-0.39, 0.29) is 15.7 Å². The Bertz CT molecular complexity index is 428. The molecule has 0 spiro atoms. The fraction of sp³-hybridized carbons (Fsp3) is 0.125. The van der Waals surface area contributed by atoms with Gasteiger partial charge < -0.3 is 0 Å². The van der Waals surface area contributed by atoms with Crippen molar-refractivity contribution in [1.29, 1.82) is 5.26 Å². The van der Waals surface area contributed by atoms with Crippen LogP contribution in [-0.2, 0) is 8.87 Å². The number of rotatable bonds is 2. The lowest BCUT2D eigenvalue weighted by Gasteiger charge is -1.98. The van der Waals surface area contributed by atoms with Crippen LogP contribution in [0.1, 0.15) is 5.56 Å². The minimum atomic E-state index is -3.47. The zero-order valence-corrected chi connectivity index (χ0v) is 8.52. The van der Waals surface area contributed by atoms with Gasteiger partial charge in [0.1, 0.15) is 5.40 Å². The van der Waals surface area contributed by atoms with Crippen LogP contribution in [0.25, 0.3) is 0 Å². The van der Waals surface area contributed by atoms with Crippen LogP contribution in [0, 0.1) is 17.6 Å². The molecule has 0 heterocycles. The molecule has 0 bridgehead atoms. The molecule has 0 aliphatic heterocycles. The van der Waals surface area contributed by atoms with Gasteiger partial charge in [0.2, 0.25) is 8.87 Å². The van der Waals surface area contributed by atoms with Gasteiger partial charge in [-0.25, -0.2) is 8.42 Å². The number of benzene rings is 1. The molecule has 1 aromatic carbocycles. The lowest BCUT2D eigenvalue weighted by atomic mass is 10.2. The van der Waals surface area contributed by atoms with Crippen LogP contribution >= 0.6 is 10.8 Å². The third kappa shape index (κ3) is 2.47. The van der Waals surface area contributed by atoms with Crippen molar-refractivity contribution >= 4 is 19.7 Å². The monoisotopic (exact) mass is 213 g/mol. The summed E-state index contributed by atoms with van der Waals surface area (Å²) < 4.78 is 22.6. The molecule has 0 radical (unpaired) electrons. The van der Waals surface area contributed by atoms with Crippen LogP contribution in [0.5, 0.6) is 0 Å². The van der Waals surface area contributed by atoms with Crippen LogP contribution in [0.3, 0.4) is 0 Å². The molecule has 0 aromatic heterocycles. The summed E-state index contributed by atoms with van der Waals surface area (Å²) >= 11 is 0. The van der Waals surface area contributed by atoms with E-state index in [4.69, 9.17) is 5.26 Å².